The molecule has 0 saturated heterocycles. The molecule has 0 amide bonds. The summed E-state index contributed by atoms with van der Waals surface area (Å²) >= 11 is 0. The van der Waals surface area contributed by atoms with E-state index in [1.54, 1.807) is 13.3 Å². The molecule has 0 saturated carbocycles. The molecule has 0 spiro atoms. The zero-order valence-electron chi connectivity index (χ0n) is 10.6. The Morgan fingerprint density at radius 1 is 1.33 bits per heavy atom. The Hall–Kier alpha value is -1.65. The van der Waals surface area contributed by atoms with Gasteiger partial charge in [0.15, 0.2) is 0 Å². The number of imidazole rings is 1. The van der Waals surface area contributed by atoms with Gasteiger partial charge in [-0.25, -0.2) is 4.98 Å². The van der Waals surface area contributed by atoms with Crippen molar-refractivity contribution in [3.63, 3.8) is 0 Å². The van der Waals surface area contributed by atoms with Gasteiger partial charge in [-0.05, 0) is 5.56 Å². The van der Waals surface area contributed by atoms with Crippen molar-refractivity contribution in [2.45, 2.75) is 12.6 Å². The van der Waals surface area contributed by atoms with Crippen molar-refractivity contribution in [3.8, 4) is 0 Å². The van der Waals surface area contributed by atoms with E-state index in [9.17, 15) is 0 Å². The van der Waals surface area contributed by atoms with Crippen molar-refractivity contribution >= 4 is 0 Å². The number of methoxy groups -OCH3 is 1. The zero-order chi connectivity index (χ0) is 12.6. The lowest BCUT2D eigenvalue weighted by molar-refractivity contribution is 0.166. The summed E-state index contributed by atoms with van der Waals surface area (Å²) in [5.41, 5.74) is 1.25. The van der Waals surface area contributed by atoms with Gasteiger partial charge in [0.25, 0.3) is 0 Å². The fraction of sp³-hybridized carbons (Fsp3) is 0.357. The molecule has 18 heavy (non-hydrogen) atoms. The predicted molar refractivity (Wildman–Crippen MR) is 71.3 cm³/mol. The first-order valence-electron chi connectivity index (χ1n) is 6.13. The highest BCUT2D eigenvalue weighted by Gasteiger charge is 2.09. The van der Waals surface area contributed by atoms with E-state index in [0.29, 0.717) is 6.61 Å². The topological polar surface area (TPSA) is 39.1 Å². The average molecular weight is 245 g/mol. The van der Waals surface area contributed by atoms with Gasteiger partial charge < -0.3 is 14.6 Å². The Labute approximate surface area is 108 Å². The molecule has 0 aliphatic carbocycles. The van der Waals surface area contributed by atoms with Gasteiger partial charge in [-0.15, -0.1) is 0 Å². The van der Waals surface area contributed by atoms with E-state index < -0.39 is 0 Å². The maximum absolute atomic E-state index is 5.26. The number of ether oxygens (including phenoxy) is 1. The quantitative estimate of drug-likeness (QED) is 0.809. The van der Waals surface area contributed by atoms with Gasteiger partial charge in [-0.1, -0.05) is 30.3 Å². The van der Waals surface area contributed by atoms with Crippen molar-refractivity contribution < 1.29 is 4.74 Å². The first kappa shape index (κ1) is 12.8. The van der Waals surface area contributed by atoms with Gasteiger partial charge >= 0.3 is 0 Å². The van der Waals surface area contributed by atoms with Crippen LogP contribution in [-0.4, -0.2) is 29.8 Å². The molecular formula is C14H19N3O. The third-order valence-corrected chi connectivity index (χ3v) is 2.86. The molecule has 1 aromatic heterocycles. The summed E-state index contributed by atoms with van der Waals surface area (Å²) in [5, 5.41) is 3.50. The number of nitrogens with zero attached hydrogens (tertiary/aromatic N) is 2. The number of hydrogen-bond donors (Lipinski definition) is 1. The van der Waals surface area contributed by atoms with Gasteiger partial charge in [0.2, 0.25) is 0 Å². The van der Waals surface area contributed by atoms with Crippen LogP contribution < -0.4 is 5.32 Å². The van der Waals surface area contributed by atoms with Gasteiger partial charge in [0.1, 0.15) is 0 Å². The molecule has 0 aliphatic rings. The van der Waals surface area contributed by atoms with Gasteiger partial charge in [0.05, 0.1) is 19.0 Å². The lowest BCUT2D eigenvalue weighted by Gasteiger charge is -2.18. The van der Waals surface area contributed by atoms with Crippen molar-refractivity contribution in [3.05, 3.63) is 54.6 Å². The average Bonchev–Trinajstić information content (AvgIpc) is 2.92. The van der Waals surface area contributed by atoms with Crippen LogP contribution in [0.5, 0.6) is 0 Å². The largest absolute Gasteiger partial charge is 0.383 e. The van der Waals surface area contributed by atoms with Crippen molar-refractivity contribution in [1.29, 1.82) is 0 Å². The van der Waals surface area contributed by atoms with E-state index in [4.69, 9.17) is 4.74 Å². The number of benzene rings is 1. The molecule has 1 atom stereocenters. The second-order valence-corrected chi connectivity index (χ2v) is 4.17. The molecule has 1 N–H and O–H groups in total. The van der Waals surface area contributed by atoms with Crippen molar-refractivity contribution in [2.75, 3.05) is 20.3 Å². The number of nitrogens with one attached hydrogen (secondary N) is 1. The normalized spacial score (nSPS) is 12.5. The summed E-state index contributed by atoms with van der Waals surface area (Å²) in [4.78, 5) is 4.02. The second kappa shape index (κ2) is 6.93. The minimum atomic E-state index is 0.236. The van der Waals surface area contributed by atoms with Gasteiger partial charge in [-0.3, -0.25) is 0 Å². The zero-order valence-corrected chi connectivity index (χ0v) is 10.6. The highest BCUT2D eigenvalue weighted by Crippen LogP contribution is 2.12. The summed E-state index contributed by atoms with van der Waals surface area (Å²) in [5.74, 6) is 0. The molecule has 2 aromatic rings. The highest BCUT2D eigenvalue weighted by atomic mass is 16.5. The SMILES string of the molecule is COCC(NCCn1ccnc1)c1ccccc1. The van der Waals surface area contributed by atoms with Crippen molar-refractivity contribution in [1.82, 2.24) is 14.9 Å². The Kier molecular flexibility index (Phi) is 4.93. The van der Waals surface area contributed by atoms with E-state index in [2.05, 4.69) is 39.1 Å². The van der Waals surface area contributed by atoms with Gasteiger partial charge in [0, 0.05) is 32.6 Å². The van der Waals surface area contributed by atoms with E-state index in [0.717, 1.165) is 13.1 Å². The maximum atomic E-state index is 5.26. The molecule has 1 unspecified atom stereocenters. The molecule has 0 bridgehead atoms. The first-order chi connectivity index (χ1) is 8.90. The summed E-state index contributed by atoms with van der Waals surface area (Å²) < 4.78 is 7.32. The fourth-order valence-corrected chi connectivity index (χ4v) is 1.91. The van der Waals surface area contributed by atoms with Crippen LogP contribution in [0.2, 0.25) is 0 Å². The van der Waals surface area contributed by atoms with E-state index in [1.165, 1.54) is 5.56 Å². The molecule has 1 aromatic carbocycles. The third-order valence-electron chi connectivity index (χ3n) is 2.86. The highest BCUT2D eigenvalue weighted by molar-refractivity contribution is 5.18. The van der Waals surface area contributed by atoms with Crippen molar-refractivity contribution in [2.24, 2.45) is 0 Å². The van der Waals surface area contributed by atoms with Crippen LogP contribution >= 0.6 is 0 Å². The summed E-state index contributed by atoms with van der Waals surface area (Å²) in [6, 6.07) is 10.6. The van der Waals surface area contributed by atoms with Crippen LogP contribution in [0, 0.1) is 0 Å². The summed E-state index contributed by atoms with van der Waals surface area (Å²) in [6.07, 6.45) is 5.59. The number of hydrogen-bond acceptors (Lipinski definition) is 3. The molecule has 96 valence electrons. The number of aromatic nitrogens is 2. The van der Waals surface area contributed by atoms with E-state index >= 15 is 0 Å². The maximum Gasteiger partial charge on any atom is 0.0946 e. The van der Waals surface area contributed by atoms with E-state index in [1.807, 2.05) is 18.6 Å². The monoisotopic (exact) mass is 245 g/mol. The Morgan fingerprint density at radius 3 is 2.83 bits per heavy atom. The minimum absolute atomic E-state index is 0.236. The van der Waals surface area contributed by atoms with Crippen LogP contribution in [0.4, 0.5) is 0 Å². The Bertz CT molecular complexity index is 428. The van der Waals surface area contributed by atoms with E-state index in [-0.39, 0.29) is 6.04 Å². The Balaban J connectivity index is 1.87. The van der Waals surface area contributed by atoms with Crippen LogP contribution in [0.25, 0.3) is 0 Å². The lowest BCUT2D eigenvalue weighted by atomic mass is 10.1. The standard InChI is InChI=1S/C14H19N3O/c1-18-11-14(13-5-3-2-4-6-13)16-8-10-17-9-7-15-12-17/h2-7,9,12,14,16H,8,10-11H2,1H3. The smallest absolute Gasteiger partial charge is 0.0946 e. The minimum Gasteiger partial charge on any atom is -0.383 e. The summed E-state index contributed by atoms with van der Waals surface area (Å²) in [7, 11) is 1.73. The van der Waals surface area contributed by atoms with Gasteiger partial charge in [-0.2, -0.15) is 0 Å². The molecule has 4 nitrogen and oxygen atoms in total. The molecule has 0 radical (unpaired) electrons. The molecular weight excluding hydrogens is 226 g/mol. The van der Waals surface area contributed by atoms with Crippen LogP contribution in [0.15, 0.2) is 49.1 Å². The lowest BCUT2D eigenvalue weighted by Crippen LogP contribution is -2.28. The number of rotatable bonds is 7. The Morgan fingerprint density at radius 2 is 2.17 bits per heavy atom. The van der Waals surface area contributed by atoms with Crippen LogP contribution in [0.3, 0.4) is 0 Å². The summed E-state index contributed by atoms with van der Waals surface area (Å²) in [6.45, 7) is 2.47. The molecule has 2 rings (SSSR count). The molecule has 4 heteroatoms. The molecule has 1 heterocycles. The first-order valence-corrected chi connectivity index (χ1v) is 6.13. The van der Waals surface area contributed by atoms with Crippen LogP contribution in [0.1, 0.15) is 11.6 Å². The fourth-order valence-electron chi connectivity index (χ4n) is 1.91. The second-order valence-electron chi connectivity index (χ2n) is 4.17. The molecule has 0 aliphatic heterocycles. The third kappa shape index (κ3) is 3.68. The molecule has 0 fully saturated rings. The predicted octanol–water partition coefficient (Wildman–Crippen LogP) is 1.86. The van der Waals surface area contributed by atoms with Crippen LogP contribution in [-0.2, 0) is 11.3 Å².